The Hall–Kier alpha value is -10.2. The lowest BCUT2D eigenvalue weighted by Crippen LogP contribution is -2.20. The van der Waals surface area contributed by atoms with E-state index in [2.05, 4.69) is 299 Å². The van der Waals surface area contributed by atoms with Crippen LogP contribution in [-0.4, -0.2) is 18.7 Å². The SMILES string of the molecule is c1ccc(-c2nc3c(N(c4ccccc4)c4ccccc4N(c4ccccc4)c4ccccc4)c4nsnc4c(N(c4ccccc4)c4ccccc4N(c4ccccc4)c4ccccc4)c3nc2-c2ccccc2)cc1. The molecule has 0 unspecified atom stereocenters. The van der Waals surface area contributed by atoms with Gasteiger partial charge in [-0.15, -0.1) is 0 Å². The van der Waals surface area contributed by atoms with Crippen LogP contribution in [0.15, 0.2) is 291 Å². The fourth-order valence-electron chi connectivity index (χ4n) is 10.3. The van der Waals surface area contributed by atoms with Crippen molar-refractivity contribution in [2.45, 2.75) is 0 Å². The number of rotatable bonds is 14. The fraction of sp³-hybridized carbons (Fsp3) is 0. The van der Waals surface area contributed by atoms with Crippen molar-refractivity contribution in [1.82, 2.24) is 18.7 Å². The smallest absolute Gasteiger partial charge is 0.133 e. The van der Waals surface area contributed by atoms with Crippen LogP contribution >= 0.6 is 11.7 Å². The van der Waals surface area contributed by atoms with Gasteiger partial charge in [-0.1, -0.05) is 194 Å². The quantitative estimate of drug-likeness (QED) is 0.0999. The van der Waals surface area contributed by atoms with Crippen LogP contribution in [0.5, 0.6) is 0 Å². The van der Waals surface area contributed by atoms with Crippen molar-refractivity contribution in [1.29, 1.82) is 0 Å². The molecule has 0 N–H and O–H groups in total. The van der Waals surface area contributed by atoms with Crippen LogP contribution in [0.3, 0.4) is 0 Å². The Morgan fingerprint density at radius 2 is 0.442 bits per heavy atom. The van der Waals surface area contributed by atoms with Crippen LogP contribution in [0.2, 0.25) is 0 Å². The van der Waals surface area contributed by atoms with E-state index >= 15 is 0 Å². The van der Waals surface area contributed by atoms with Crippen LogP contribution < -0.4 is 19.6 Å². The molecule has 366 valence electrons. The number of benzene rings is 11. The first-order valence-electron chi connectivity index (χ1n) is 25.6. The van der Waals surface area contributed by atoms with E-state index in [0.29, 0.717) is 22.1 Å². The van der Waals surface area contributed by atoms with Crippen LogP contribution in [0, 0.1) is 0 Å². The van der Waals surface area contributed by atoms with E-state index < -0.39 is 0 Å². The summed E-state index contributed by atoms with van der Waals surface area (Å²) in [7, 11) is 0. The highest BCUT2D eigenvalue weighted by molar-refractivity contribution is 7.00. The molecule has 0 spiro atoms. The highest BCUT2D eigenvalue weighted by Gasteiger charge is 2.34. The van der Waals surface area contributed by atoms with Gasteiger partial charge in [0.15, 0.2) is 0 Å². The zero-order valence-electron chi connectivity index (χ0n) is 41.7. The molecule has 0 aliphatic heterocycles. The van der Waals surface area contributed by atoms with Gasteiger partial charge in [-0.3, -0.25) is 0 Å². The minimum atomic E-state index is 0.643. The van der Waals surface area contributed by atoms with Gasteiger partial charge in [0.1, 0.15) is 33.4 Å². The molecule has 0 saturated carbocycles. The number of fused-ring (bicyclic) bond motifs is 2. The monoisotopic (exact) mass is 1010 g/mol. The number of aromatic nitrogens is 4. The lowest BCUT2D eigenvalue weighted by Gasteiger charge is -2.35. The van der Waals surface area contributed by atoms with Gasteiger partial charge >= 0.3 is 0 Å². The van der Waals surface area contributed by atoms with Gasteiger partial charge < -0.3 is 19.6 Å². The first-order valence-corrected chi connectivity index (χ1v) is 26.3. The lowest BCUT2D eigenvalue weighted by atomic mass is 10.0. The molecule has 8 nitrogen and oxygen atoms in total. The first kappa shape index (κ1) is 46.6. The molecular weight excluding hydrogens is 961 g/mol. The summed E-state index contributed by atoms with van der Waals surface area (Å²) in [4.78, 5) is 21.2. The second-order valence-corrected chi connectivity index (χ2v) is 18.9. The molecule has 9 heteroatoms. The predicted molar refractivity (Wildman–Crippen MR) is 320 cm³/mol. The second kappa shape index (κ2) is 21.0. The predicted octanol–water partition coefficient (Wildman–Crippen LogP) is 18.8. The summed E-state index contributed by atoms with van der Waals surface area (Å²) in [6.45, 7) is 0. The van der Waals surface area contributed by atoms with E-state index in [1.165, 1.54) is 11.7 Å². The molecule has 0 saturated heterocycles. The third-order valence-electron chi connectivity index (χ3n) is 13.6. The van der Waals surface area contributed by atoms with Crippen LogP contribution in [0.4, 0.5) is 68.2 Å². The molecule has 0 aliphatic rings. The maximum Gasteiger partial charge on any atom is 0.133 e. The number of hydrogen-bond donors (Lipinski definition) is 0. The third kappa shape index (κ3) is 8.86. The molecule has 0 fully saturated rings. The highest BCUT2D eigenvalue weighted by Crippen LogP contribution is 2.54. The number of para-hydroxylation sites is 10. The molecule has 13 aromatic rings. The van der Waals surface area contributed by atoms with Crippen molar-refractivity contribution in [3.8, 4) is 22.5 Å². The third-order valence-corrected chi connectivity index (χ3v) is 14.2. The summed E-state index contributed by atoms with van der Waals surface area (Å²) in [5.74, 6) is 0. The van der Waals surface area contributed by atoms with Gasteiger partial charge in [-0.05, 0) is 97.1 Å². The Bertz CT molecular complexity index is 3750. The van der Waals surface area contributed by atoms with Crippen molar-refractivity contribution in [2.24, 2.45) is 0 Å². The molecule has 77 heavy (non-hydrogen) atoms. The van der Waals surface area contributed by atoms with Crippen LogP contribution in [0.1, 0.15) is 0 Å². The molecule has 0 atom stereocenters. The van der Waals surface area contributed by atoms with Crippen molar-refractivity contribution < 1.29 is 0 Å². The van der Waals surface area contributed by atoms with Gasteiger partial charge in [0.05, 0.1) is 45.9 Å². The zero-order chi connectivity index (χ0) is 51.3. The van der Waals surface area contributed by atoms with E-state index in [9.17, 15) is 0 Å². The molecule has 11 aromatic carbocycles. The number of nitrogens with zero attached hydrogens (tertiary/aromatic N) is 8. The largest absolute Gasteiger partial charge is 0.308 e. The molecule has 0 radical (unpaired) electrons. The normalized spacial score (nSPS) is 11.1. The molecule has 0 amide bonds. The minimum Gasteiger partial charge on any atom is -0.308 e. The second-order valence-electron chi connectivity index (χ2n) is 18.3. The molecule has 13 rings (SSSR count). The average Bonchev–Trinajstić information content (AvgIpc) is 4.13. The van der Waals surface area contributed by atoms with Gasteiger partial charge in [0.25, 0.3) is 0 Å². The van der Waals surface area contributed by atoms with E-state index in [4.69, 9.17) is 18.7 Å². The maximum absolute atomic E-state index is 5.98. The Morgan fingerprint density at radius 3 is 0.714 bits per heavy atom. The van der Waals surface area contributed by atoms with E-state index in [1.807, 2.05) is 12.1 Å². The Labute approximate surface area is 451 Å². The van der Waals surface area contributed by atoms with Gasteiger partial charge in [-0.25, -0.2) is 9.97 Å². The van der Waals surface area contributed by atoms with Crippen molar-refractivity contribution in [3.05, 3.63) is 291 Å². The fourth-order valence-corrected chi connectivity index (χ4v) is 10.8. The molecule has 2 aromatic heterocycles. The summed E-state index contributed by atoms with van der Waals surface area (Å²) in [5, 5.41) is 0. The summed E-state index contributed by atoms with van der Waals surface area (Å²) < 4.78 is 10.7. The van der Waals surface area contributed by atoms with E-state index in [1.54, 1.807) is 0 Å². The van der Waals surface area contributed by atoms with Gasteiger partial charge in [0, 0.05) is 45.3 Å². The summed E-state index contributed by atoms with van der Waals surface area (Å²) >= 11 is 1.19. The standard InChI is InChI=1S/C68H48N8S/c1-9-29-49(30-10-1)61-62(50-31-11-2-12-32-50)70-64-63(69-61)67(75(55-41-21-7-22-42-55)59-47-27-25-45-57(59)73(51-33-13-3-14-34-51)52-35-15-4-16-36-52)65-66(72-77-71-65)68(64)76(56-43-23-8-24-44-56)60-48-28-26-46-58(60)74(53-37-17-5-18-38-53)54-39-19-6-20-40-54/h1-48H. The summed E-state index contributed by atoms with van der Waals surface area (Å²) in [6, 6.07) is 101. The zero-order valence-corrected chi connectivity index (χ0v) is 42.5. The molecule has 0 aliphatic carbocycles. The maximum atomic E-state index is 5.98. The summed E-state index contributed by atoms with van der Waals surface area (Å²) in [5.41, 5.74) is 17.0. The molecule has 0 bridgehead atoms. The van der Waals surface area contributed by atoms with Crippen molar-refractivity contribution in [2.75, 3.05) is 19.6 Å². The van der Waals surface area contributed by atoms with Crippen LogP contribution in [-0.2, 0) is 0 Å². The van der Waals surface area contributed by atoms with Gasteiger partial charge in [-0.2, -0.15) is 8.75 Å². The van der Waals surface area contributed by atoms with Crippen LogP contribution in [0.25, 0.3) is 44.6 Å². The Kier molecular flexibility index (Phi) is 12.7. The summed E-state index contributed by atoms with van der Waals surface area (Å²) in [6.07, 6.45) is 0. The van der Waals surface area contributed by atoms with Crippen molar-refractivity contribution in [3.63, 3.8) is 0 Å². The molecular formula is C68H48N8S. The first-order chi connectivity index (χ1) is 38.3. The molecule has 2 heterocycles. The minimum absolute atomic E-state index is 0.643. The Morgan fingerprint density at radius 1 is 0.221 bits per heavy atom. The average molecular weight is 1010 g/mol. The Balaban J connectivity index is 1.18. The topological polar surface area (TPSA) is 64.5 Å². The van der Waals surface area contributed by atoms with E-state index in [0.717, 1.165) is 90.8 Å². The number of anilines is 12. The highest BCUT2D eigenvalue weighted by atomic mass is 32.1. The number of hydrogen-bond acceptors (Lipinski definition) is 9. The van der Waals surface area contributed by atoms with Crippen molar-refractivity contribution >= 4 is 102 Å². The van der Waals surface area contributed by atoms with Gasteiger partial charge in [0.2, 0.25) is 0 Å². The lowest BCUT2D eigenvalue weighted by molar-refractivity contribution is 1.21. The van der Waals surface area contributed by atoms with E-state index in [-0.39, 0.29) is 0 Å².